The fraction of sp³-hybridized carbons (Fsp3) is 0.435. The van der Waals surface area contributed by atoms with E-state index in [1.165, 1.54) is 5.56 Å². The molecule has 3 nitrogen and oxygen atoms in total. The predicted molar refractivity (Wildman–Crippen MR) is 105 cm³/mol. The Kier molecular flexibility index (Phi) is 6.32. The van der Waals surface area contributed by atoms with Gasteiger partial charge < -0.3 is 9.64 Å². The molecule has 0 aliphatic carbocycles. The number of amides is 1. The Hall–Kier alpha value is -2.29. The first-order valence-corrected chi connectivity index (χ1v) is 9.71. The second kappa shape index (κ2) is 8.88. The van der Waals surface area contributed by atoms with Gasteiger partial charge in [0.1, 0.15) is 5.75 Å². The standard InChI is InChI=1S/C23H29NO2/c1-3-22(26-21-11-7-8-18(2)16-21)23(25)24-14-12-20(13-15-24)17-19-9-5-4-6-10-19/h4-11,16,20,22H,3,12-15,17H2,1-2H3/t22-/m1/s1. The summed E-state index contributed by atoms with van der Waals surface area (Å²) in [6, 6.07) is 18.6. The Bertz CT molecular complexity index is 705. The SMILES string of the molecule is CC[C@@H](Oc1cccc(C)c1)C(=O)N1CCC(Cc2ccccc2)CC1. The number of rotatable bonds is 6. The lowest BCUT2D eigenvalue weighted by molar-refractivity contribution is -0.140. The van der Waals surface area contributed by atoms with Gasteiger partial charge in [-0.1, -0.05) is 49.4 Å². The van der Waals surface area contributed by atoms with E-state index in [4.69, 9.17) is 4.74 Å². The second-order valence-electron chi connectivity index (χ2n) is 7.29. The highest BCUT2D eigenvalue weighted by Crippen LogP contribution is 2.23. The molecule has 1 aliphatic rings. The Balaban J connectivity index is 1.53. The number of hydrogen-bond donors (Lipinski definition) is 0. The van der Waals surface area contributed by atoms with Crippen molar-refractivity contribution in [2.75, 3.05) is 13.1 Å². The summed E-state index contributed by atoms with van der Waals surface area (Å²) in [5, 5.41) is 0. The van der Waals surface area contributed by atoms with Crippen LogP contribution in [0.4, 0.5) is 0 Å². The van der Waals surface area contributed by atoms with Gasteiger partial charge in [-0.2, -0.15) is 0 Å². The smallest absolute Gasteiger partial charge is 0.263 e. The summed E-state index contributed by atoms with van der Waals surface area (Å²) in [4.78, 5) is 14.9. The van der Waals surface area contributed by atoms with E-state index in [-0.39, 0.29) is 12.0 Å². The Morgan fingerprint density at radius 3 is 2.50 bits per heavy atom. The first-order chi connectivity index (χ1) is 12.7. The largest absolute Gasteiger partial charge is 0.481 e. The maximum Gasteiger partial charge on any atom is 0.263 e. The maximum atomic E-state index is 12.9. The highest BCUT2D eigenvalue weighted by atomic mass is 16.5. The average molecular weight is 351 g/mol. The third kappa shape index (κ3) is 4.87. The van der Waals surface area contributed by atoms with Crippen LogP contribution in [-0.4, -0.2) is 30.0 Å². The number of nitrogens with zero attached hydrogens (tertiary/aromatic N) is 1. The summed E-state index contributed by atoms with van der Waals surface area (Å²) in [6.45, 7) is 5.72. The van der Waals surface area contributed by atoms with Crippen LogP contribution in [0.5, 0.6) is 5.75 Å². The third-order valence-electron chi connectivity index (χ3n) is 5.21. The number of piperidine rings is 1. The van der Waals surface area contributed by atoms with E-state index >= 15 is 0 Å². The van der Waals surface area contributed by atoms with Crippen LogP contribution in [0.1, 0.15) is 37.3 Å². The average Bonchev–Trinajstić information content (AvgIpc) is 2.67. The Morgan fingerprint density at radius 1 is 1.12 bits per heavy atom. The molecular weight excluding hydrogens is 322 g/mol. The van der Waals surface area contributed by atoms with Crippen LogP contribution >= 0.6 is 0 Å². The van der Waals surface area contributed by atoms with E-state index in [2.05, 4.69) is 30.3 Å². The van der Waals surface area contributed by atoms with Crippen molar-refractivity contribution < 1.29 is 9.53 Å². The van der Waals surface area contributed by atoms with Crippen molar-refractivity contribution in [1.82, 2.24) is 4.90 Å². The molecule has 1 amide bonds. The molecule has 0 aromatic heterocycles. The van der Waals surface area contributed by atoms with Gasteiger partial charge in [0.25, 0.3) is 5.91 Å². The Morgan fingerprint density at radius 2 is 1.85 bits per heavy atom. The minimum absolute atomic E-state index is 0.132. The molecule has 2 aromatic rings. The molecule has 0 bridgehead atoms. The van der Waals surface area contributed by atoms with Crippen LogP contribution < -0.4 is 4.74 Å². The van der Waals surface area contributed by atoms with Gasteiger partial charge in [0, 0.05) is 13.1 Å². The predicted octanol–water partition coefficient (Wildman–Crippen LogP) is 4.63. The van der Waals surface area contributed by atoms with E-state index in [1.807, 2.05) is 43.0 Å². The molecule has 138 valence electrons. The minimum Gasteiger partial charge on any atom is -0.481 e. The molecule has 0 spiro atoms. The van der Waals surface area contributed by atoms with E-state index in [1.54, 1.807) is 0 Å². The molecule has 1 fully saturated rings. The first-order valence-electron chi connectivity index (χ1n) is 9.71. The van der Waals surface area contributed by atoms with Crippen molar-refractivity contribution in [2.24, 2.45) is 5.92 Å². The highest BCUT2D eigenvalue weighted by Gasteiger charge is 2.28. The van der Waals surface area contributed by atoms with Crippen molar-refractivity contribution in [3.8, 4) is 5.75 Å². The van der Waals surface area contributed by atoms with Crippen molar-refractivity contribution in [2.45, 2.75) is 45.6 Å². The monoisotopic (exact) mass is 351 g/mol. The van der Waals surface area contributed by atoms with E-state index in [0.29, 0.717) is 12.3 Å². The number of benzene rings is 2. The normalized spacial score (nSPS) is 16.3. The Labute approximate surface area is 157 Å². The molecule has 3 heteroatoms. The number of hydrogen-bond acceptors (Lipinski definition) is 2. The third-order valence-corrected chi connectivity index (χ3v) is 5.21. The number of carbonyl (C=O) groups excluding carboxylic acids is 1. The topological polar surface area (TPSA) is 29.5 Å². The fourth-order valence-electron chi connectivity index (χ4n) is 3.67. The van der Waals surface area contributed by atoms with E-state index in [0.717, 1.165) is 43.7 Å². The van der Waals surface area contributed by atoms with Gasteiger partial charge in [0.15, 0.2) is 6.10 Å². The van der Waals surface area contributed by atoms with Gasteiger partial charge in [0.05, 0.1) is 0 Å². The zero-order chi connectivity index (χ0) is 18.4. The molecule has 0 unspecified atom stereocenters. The van der Waals surface area contributed by atoms with E-state index < -0.39 is 0 Å². The summed E-state index contributed by atoms with van der Waals surface area (Å²) in [6.07, 6.45) is 3.56. The fourth-order valence-corrected chi connectivity index (χ4v) is 3.67. The quantitative estimate of drug-likeness (QED) is 0.759. The molecule has 0 radical (unpaired) electrons. The van der Waals surface area contributed by atoms with Gasteiger partial charge in [-0.25, -0.2) is 0 Å². The van der Waals surface area contributed by atoms with Crippen molar-refractivity contribution in [3.63, 3.8) is 0 Å². The number of likely N-dealkylation sites (tertiary alicyclic amines) is 1. The van der Waals surface area contributed by atoms with Crippen molar-refractivity contribution >= 4 is 5.91 Å². The second-order valence-corrected chi connectivity index (χ2v) is 7.29. The lowest BCUT2D eigenvalue weighted by Gasteiger charge is -2.34. The number of aryl methyl sites for hydroxylation is 1. The van der Waals surface area contributed by atoms with Crippen LogP contribution in [-0.2, 0) is 11.2 Å². The molecule has 26 heavy (non-hydrogen) atoms. The van der Waals surface area contributed by atoms with Crippen molar-refractivity contribution in [1.29, 1.82) is 0 Å². The zero-order valence-corrected chi connectivity index (χ0v) is 15.9. The van der Waals surface area contributed by atoms with Gasteiger partial charge in [-0.15, -0.1) is 0 Å². The number of carbonyl (C=O) groups is 1. The molecule has 0 N–H and O–H groups in total. The summed E-state index contributed by atoms with van der Waals surface area (Å²) >= 11 is 0. The summed E-state index contributed by atoms with van der Waals surface area (Å²) in [5.41, 5.74) is 2.54. The van der Waals surface area contributed by atoms with Crippen LogP contribution in [0.15, 0.2) is 54.6 Å². The van der Waals surface area contributed by atoms with Crippen LogP contribution in [0.25, 0.3) is 0 Å². The minimum atomic E-state index is -0.387. The molecule has 1 aliphatic heterocycles. The van der Waals surface area contributed by atoms with Crippen molar-refractivity contribution in [3.05, 3.63) is 65.7 Å². The van der Waals surface area contributed by atoms with Crippen LogP contribution in [0.2, 0.25) is 0 Å². The molecule has 0 saturated carbocycles. The molecular formula is C23H29NO2. The van der Waals surface area contributed by atoms with Crippen LogP contribution in [0.3, 0.4) is 0 Å². The summed E-state index contributed by atoms with van der Waals surface area (Å²) in [5.74, 6) is 1.58. The highest BCUT2D eigenvalue weighted by molar-refractivity contribution is 5.81. The van der Waals surface area contributed by atoms with Gasteiger partial charge in [-0.3, -0.25) is 4.79 Å². The van der Waals surface area contributed by atoms with Gasteiger partial charge >= 0.3 is 0 Å². The molecule has 1 saturated heterocycles. The van der Waals surface area contributed by atoms with Gasteiger partial charge in [0.2, 0.25) is 0 Å². The molecule has 3 rings (SSSR count). The van der Waals surface area contributed by atoms with Crippen LogP contribution in [0, 0.1) is 12.8 Å². The molecule has 1 atom stereocenters. The summed E-state index contributed by atoms with van der Waals surface area (Å²) in [7, 11) is 0. The first kappa shape index (κ1) is 18.5. The zero-order valence-electron chi connectivity index (χ0n) is 15.9. The summed E-state index contributed by atoms with van der Waals surface area (Å²) < 4.78 is 5.99. The number of ether oxygens (including phenoxy) is 1. The lowest BCUT2D eigenvalue weighted by Crippen LogP contribution is -2.45. The molecule has 1 heterocycles. The van der Waals surface area contributed by atoms with Gasteiger partial charge in [-0.05, 0) is 61.8 Å². The maximum absolute atomic E-state index is 12.9. The van der Waals surface area contributed by atoms with E-state index in [9.17, 15) is 4.79 Å². The lowest BCUT2D eigenvalue weighted by atomic mass is 9.90. The molecule has 2 aromatic carbocycles.